The summed E-state index contributed by atoms with van der Waals surface area (Å²) in [7, 11) is 0. The number of carbonyl (C=O) groups excluding carboxylic acids is 1. The zero-order valence-corrected chi connectivity index (χ0v) is 14.0. The Kier molecular flexibility index (Phi) is 5.31. The molecule has 2 N–H and O–H groups in total. The average Bonchev–Trinajstić information content (AvgIpc) is 2.56. The lowest BCUT2D eigenvalue weighted by Gasteiger charge is -2.25. The summed E-state index contributed by atoms with van der Waals surface area (Å²) >= 11 is 0. The van der Waals surface area contributed by atoms with E-state index in [1.54, 1.807) is 6.07 Å². The zero-order valence-electron chi connectivity index (χ0n) is 14.0. The van der Waals surface area contributed by atoms with Gasteiger partial charge in [-0.1, -0.05) is 25.3 Å². The highest BCUT2D eigenvalue weighted by molar-refractivity contribution is 5.96. The maximum absolute atomic E-state index is 14.6. The van der Waals surface area contributed by atoms with Crippen molar-refractivity contribution in [3.05, 3.63) is 34.6 Å². The van der Waals surface area contributed by atoms with Crippen LogP contribution in [0.25, 0.3) is 0 Å². The minimum atomic E-state index is -0.369. The Morgan fingerprint density at radius 3 is 2.48 bits per heavy atom. The third kappa shape index (κ3) is 3.92. The van der Waals surface area contributed by atoms with Crippen molar-refractivity contribution in [3.63, 3.8) is 0 Å². The minimum Gasteiger partial charge on any atom is -0.349 e. The Bertz CT molecular complexity index is 537. The molecule has 1 heterocycles. The van der Waals surface area contributed by atoms with E-state index in [-0.39, 0.29) is 23.3 Å². The predicted octanol–water partition coefficient (Wildman–Crippen LogP) is 3.66. The largest absolute Gasteiger partial charge is 0.349 e. The Balaban J connectivity index is 1.75. The van der Waals surface area contributed by atoms with E-state index in [9.17, 15) is 9.18 Å². The fraction of sp³-hybridized carbons (Fsp3) is 0.632. The molecule has 1 aliphatic carbocycles. The van der Waals surface area contributed by atoms with Gasteiger partial charge in [-0.2, -0.15) is 0 Å². The van der Waals surface area contributed by atoms with Crippen LogP contribution in [0.4, 0.5) is 4.39 Å². The molecule has 0 bridgehead atoms. The number of piperidine rings is 1. The van der Waals surface area contributed by atoms with E-state index in [4.69, 9.17) is 0 Å². The van der Waals surface area contributed by atoms with Crippen LogP contribution in [0.15, 0.2) is 12.1 Å². The van der Waals surface area contributed by atoms with Gasteiger partial charge in [0.1, 0.15) is 5.82 Å². The molecule has 2 fully saturated rings. The fourth-order valence-corrected chi connectivity index (χ4v) is 3.95. The second-order valence-electron chi connectivity index (χ2n) is 7.03. The van der Waals surface area contributed by atoms with Crippen molar-refractivity contribution in [2.45, 2.75) is 63.8 Å². The highest BCUT2D eigenvalue weighted by Gasteiger charge is 2.23. The quantitative estimate of drug-likeness (QED) is 0.893. The number of rotatable bonds is 3. The van der Waals surface area contributed by atoms with Crippen molar-refractivity contribution in [2.24, 2.45) is 0 Å². The molecule has 1 aliphatic heterocycles. The van der Waals surface area contributed by atoms with Crippen LogP contribution in [0.1, 0.15) is 72.3 Å². The standard InChI is InChI=1S/C19H27FN2O/c1-13-11-15(14-7-9-21-10-8-14)12-17(20)18(13)19(23)22-16-5-3-2-4-6-16/h11-12,14,16,21H,2-10H2,1H3,(H,22,23). The smallest absolute Gasteiger partial charge is 0.254 e. The van der Waals surface area contributed by atoms with E-state index in [0.717, 1.165) is 62.7 Å². The summed E-state index contributed by atoms with van der Waals surface area (Å²) in [6.45, 7) is 3.81. The summed E-state index contributed by atoms with van der Waals surface area (Å²) in [5.41, 5.74) is 2.02. The molecule has 0 spiro atoms. The fourth-order valence-electron chi connectivity index (χ4n) is 3.95. The highest BCUT2D eigenvalue weighted by atomic mass is 19.1. The number of hydrogen-bond donors (Lipinski definition) is 2. The lowest BCUT2D eigenvalue weighted by molar-refractivity contribution is 0.0923. The number of hydrogen-bond acceptors (Lipinski definition) is 2. The summed E-state index contributed by atoms with van der Waals surface area (Å²) in [6, 6.07) is 3.80. The molecule has 23 heavy (non-hydrogen) atoms. The third-order valence-electron chi connectivity index (χ3n) is 5.29. The topological polar surface area (TPSA) is 41.1 Å². The summed E-state index contributed by atoms with van der Waals surface area (Å²) in [5, 5.41) is 6.36. The van der Waals surface area contributed by atoms with Crippen LogP contribution in [0.2, 0.25) is 0 Å². The summed E-state index contributed by atoms with van der Waals surface area (Å²) in [5.74, 6) is -0.212. The molecule has 1 aromatic rings. The normalized spacial score (nSPS) is 20.4. The molecule has 1 saturated heterocycles. The van der Waals surface area contributed by atoms with Gasteiger partial charge in [0.15, 0.2) is 0 Å². The molecule has 3 rings (SSSR count). The molecule has 2 aliphatic rings. The maximum atomic E-state index is 14.6. The van der Waals surface area contributed by atoms with Crippen molar-refractivity contribution >= 4 is 5.91 Å². The first-order valence-electron chi connectivity index (χ1n) is 8.97. The van der Waals surface area contributed by atoms with Gasteiger partial charge in [0.25, 0.3) is 5.91 Å². The minimum absolute atomic E-state index is 0.208. The second kappa shape index (κ2) is 7.43. The molecule has 1 aromatic carbocycles. The van der Waals surface area contributed by atoms with Crippen molar-refractivity contribution in [1.82, 2.24) is 10.6 Å². The Morgan fingerprint density at radius 2 is 1.83 bits per heavy atom. The monoisotopic (exact) mass is 318 g/mol. The molecule has 0 aromatic heterocycles. The van der Waals surface area contributed by atoms with Gasteiger partial charge < -0.3 is 10.6 Å². The molecule has 0 radical (unpaired) electrons. The Labute approximate surface area is 138 Å². The summed E-state index contributed by atoms with van der Waals surface area (Å²) < 4.78 is 14.6. The Hall–Kier alpha value is -1.42. The van der Waals surface area contributed by atoms with Crippen molar-refractivity contribution in [3.8, 4) is 0 Å². The van der Waals surface area contributed by atoms with Gasteiger partial charge in [0, 0.05) is 6.04 Å². The lowest BCUT2D eigenvalue weighted by Crippen LogP contribution is -2.37. The van der Waals surface area contributed by atoms with Crippen LogP contribution in [0.3, 0.4) is 0 Å². The molecule has 126 valence electrons. The average molecular weight is 318 g/mol. The van der Waals surface area contributed by atoms with Crippen molar-refractivity contribution in [2.75, 3.05) is 13.1 Å². The first-order chi connectivity index (χ1) is 11.1. The summed E-state index contributed by atoms with van der Waals surface area (Å²) in [6.07, 6.45) is 7.64. The molecule has 4 heteroatoms. The van der Waals surface area contributed by atoms with Crippen LogP contribution in [-0.2, 0) is 0 Å². The number of aryl methyl sites for hydroxylation is 1. The number of benzene rings is 1. The van der Waals surface area contributed by atoms with Crippen LogP contribution in [0, 0.1) is 12.7 Å². The zero-order chi connectivity index (χ0) is 16.2. The van der Waals surface area contributed by atoms with Crippen LogP contribution in [0.5, 0.6) is 0 Å². The van der Waals surface area contributed by atoms with E-state index < -0.39 is 0 Å². The Morgan fingerprint density at radius 1 is 1.13 bits per heavy atom. The van der Waals surface area contributed by atoms with Gasteiger partial charge in [0.2, 0.25) is 0 Å². The molecule has 1 saturated carbocycles. The van der Waals surface area contributed by atoms with Crippen LogP contribution >= 0.6 is 0 Å². The van der Waals surface area contributed by atoms with Crippen molar-refractivity contribution < 1.29 is 9.18 Å². The molecule has 0 atom stereocenters. The van der Waals surface area contributed by atoms with Gasteiger partial charge in [-0.3, -0.25) is 4.79 Å². The van der Waals surface area contributed by atoms with E-state index in [1.165, 1.54) is 6.42 Å². The van der Waals surface area contributed by atoms with Gasteiger partial charge in [-0.05, 0) is 68.8 Å². The molecule has 1 amide bonds. The number of carbonyl (C=O) groups is 1. The van der Waals surface area contributed by atoms with Gasteiger partial charge in [-0.25, -0.2) is 4.39 Å². The van der Waals surface area contributed by atoms with E-state index in [0.29, 0.717) is 5.92 Å². The predicted molar refractivity (Wildman–Crippen MR) is 90.3 cm³/mol. The van der Waals surface area contributed by atoms with E-state index in [2.05, 4.69) is 10.6 Å². The van der Waals surface area contributed by atoms with Gasteiger partial charge in [-0.15, -0.1) is 0 Å². The van der Waals surface area contributed by atoms with Crippen LogP contribution < -0.4 is 10.6 Å². The number of nitrogens with one attached hydrogen (secondary N) is 2. The number of amides is 1. The van der Waals surface area contributed by atoms with E-state index in [1.807, 2.05) is 13.0 Å². The first kappa shape index (κ1) is 16.4. The van der Waals surface area contributed by atoms with Gasteiger partial charge >= 0.3 is 0 Å². The number of halogens is 1. The molecular formula is C19H27FN2O. The molecule has 0 unspecified atom stereocenters. The molecular weight excluding hydrogens is 291 g/mol. The van der Waals surface area contributed by atoms with Gasteiger partial charge in [0.05, 0.1) is 5.56 Å². The lowest BCUT2D eigenvalue weighted by atomic mass is 9.88. The second-order valence-corrected chi connectivity index (χ2v) is 7.03. The van der Waals surface area contributed by atoms with E-state index >= 15 is 0 Å². The first-order valence-corrected chi connectivity index (χ1v) is 8.97. The maximum Gasteiger partial charge on any atom is 0.254 e. The summed E-state index contributed by atoms with van der Waals surface area (Å²) in [4.78, 5) is 12.5. The molecule has 3 nitrogen and oxygen atoms in total. The van der Waals surface area contributed by atoms with Crippen molar-refractivity contribution in [1.29, 1.82) is 0 Å². The SMILES string of the molecule is Cc1cc(C2CCNCC2)cc(F)c1C(=O)NC1CCCCC1. The van der Waals surface area contributed by atoms with Crippen LogP contribution in [-0.4, -0.2) is 25.0 Å². The third-order valence-corrected chi connectivity index (χ3v) is 5.29. The highest BCUT2D eigenvalue weighted by Crippen LogP contribution is 2.28.